The van der Waals surface area contributed by atoms with Gasteiger partial charge in [0.2, 0.25) is 5.91 Å². The van der Waals surface area contributed by atoms with Crippen molar-refractivity contribution in [3.63, 3.8) is 0 Å². The highest BCUT2D eigenvalue weighted by molar-refractivity contribution is 5.95. The molecule has 4 rings (SSSR count). The molecule has 2 heterocycles. The molecule has 0 aliphatic rings. The molecule has 0 unspecified atom stereocenters. The first kappa shape index (κ1) is 39.0. The van der Waals surface area contributed by atoms with E-state index in [-0.39, 0.29) is 48.8 Å². The third-order valence-corrected chi connectivity index (χ3v) is 7.82. The number of carbonyl (C=O) groups excluding carboxylic acids is 4. The number of ketones is 1. The predicted octanol–water partition coefficient (Wildman–Crippen LogP) is 5.75. The zero-order valence-electron chi connectivity index (χ0n) is 29.9. The topological polar surface area (TPSA) is 138 Å². The lowest BCUT2D eigenvalue weighted by Gasteiger charge is -2.21. The number of Topliss-reactive ketones (excluding diaryl/α,β-unsaturated/α-hetero) is 1. The first-order chi connectivity index (χ1) is 24.6. The second-order valence-electron chi connectivity index (χ2n) is 13.2. The van der Waals surface area contributed by atoms with Gasteiger partial charge in [-0.05, 0) is 70.0 Å². The standard InChI is InChI=1S/C38H42F2N4O8/c1-38(2,3)52-37(49)44-28(19-24-11-9-14-32(34(24)44)51-23-26-16-17-27(39)21-29(26)40)22-43-18-10-12-25(35(43)47)20-31(45)30(41-36(48)50-6)13-7-8-15-33(46)42(4)5/h8-12,14-19,21,30H,7,13,20,22-23H2,1-6H3,(H,41,48)/b15-8+/t30-/m0/s1. The maximum absolute atomic E-state index is 14.4. The number of methoxy groups -OCH3 is 1. The number of likely N-dealkylation sites (N-methyl/N-ethyl adjacent to an activating group) is 1. The number of benzene rings is 2. The van der Waals surface area contributed by atoms with Gasteiger partial charge in [0.05, 0.1) is 25.4 Å². The molecule has 12 nitrogen and oxygen atoms in total. The summed E-state index contributed by atoms with van der Waals surface area (Å²) in [6.45, 7) is 4.75. The summed E-state index contributed by atoms with van der Waals surface area (Å²) in [5.74, 6) is -1.97. The first-order valence-corrected chi connectivity index (χ1v) is 16.4. The van der Waals surface area contributed by atoms with E-state index in [1.165, 1.54) is 45.5 Å². The molecular formula is C38H42F2N4O8. The number of ether oxygens (including phenoxy) is 3. The van der Waals surface area contributed by atoms with Gasteiger partial charge in [-0.25, -0.2) is 22.9 Å². The molecule has 0 saturated heterocycles. The van der Waals surface area contributed by atoms with E-state index in [2.05, 4.69) is 10.1 Å². The average Bonchev–Trinajstić information content (AvgIpc) is 3.45. The zero-order chi connectivity index (χ0) is 38.2. The maximum atomic E-state index is 14.4. The third-order valence-electron chi connectivity index (χ3n) is 7.82. The molecule has 0 radical (unpaired) electrons. The quantitative estimate of drug-likeness (QED) is 0.172. The molecule has 2 amide bonds. The lowest BCUT2D eigenvalue weighted by molar-refractivity contribution is -0.123. The lowest BCUT2D eigenvalue weighted by atomic mass is 10.0. The van der Waals surface area contributed by atoms with Gasteiger partial charge >= 0.3 is 12.2 Å². The second kappa shape index (κ2) is 16.9. The minimum atomic E-state index is -1.00. The maximum Gasteiger partial charge on any atom is 0.419 e. The fourth-order valence-corrected chi connectivity index (χ4v) is 5.27. The number of alkyl carbamates (subject to hydrolysis) is 1. The molecule has 4 aromatic rings. The van der Waals surface area contributed by atoms with Crippen LogP contribution in [0.4, 0.5) is 18.4 Å². The van der Waals surface area contributed by atoms with Crippen LogP contribution in [-0.4, -0.2) is 70.8 Å². The molecule has 2 aromatic carbocycles. The van der Waals surface area contributed by atoms with Crippen LogP contribution >= 0.6 is 0 Å². The number of fused-ring (bicyclic) bond motifs is 1. The summed E-state index contributed by atoms with van der Waals surface area (Å²) in [4.78, 5) is 66.2. The van der Waals surface area contributed by atoms with Crippen molar-refractivity contribution in [1.29, 1.82) is 0 Å². The Hall–Kier alpha value is -5.79. The monoisotopic (exact) mass is 720 g/mol. The summed E-state index contributed by atoms with van der Waals surface area (Å²) < 4.78 is 46.9. The van der Waals surface area contributed by atoms with Crippen molar-refractivity contribution in [1.82, 2.24) is 19.4 Å². The Morgan fingerprint density at radius 3 is 2.42 bits per heavy atom. The number of amides is 2. The number of nitrogens with one attached hydrogen (secondary N) is 1. The highest BCUT2D eigenvalue weighted by Gasteiger charge is 2.26. The van der Waals surface area contributed by atoms with E-state index in [4.69, 9.17) is 9.47 Å². The average molecular weight is 721 g/mol. The van der Waals surface area contributed by atoms with E-state index in [0.29, 0.717) is 23.0 Å². The van der Waals surface area contributed by atoms with E-state index in [9.17, 15) is 32.8 Å². The van der Waals surface area contributed by atoms with Crippen molar-refractivity contribution in [3.05, 3.63) is 112 Å². The molecule has 52 heavy (non-hydrogen) atoms. The van der Waals surface area contributed by atoms with E-state index in [0.717, 1.165) is 12.1 Å². The Bertz CT molecular complexity index is 2040. The third kappa shape index (κ3) is 10.1. The number of aromatic nitrogens is 2. The van der Waals surface area contributed by atoms with Crippen LogP contribution < -0.4 is 15.6 Å². The van der Waals surface area contributed by atoms with Crippen LogP contribution in [0.1, 0.15) is 50.4 Å². The van der Waals surface area contributed by atoms with Gasteiger partial charge < -0.3 is 29.0 Å². The Balaban J connectivity index is 1.65. The highest BCUT2D eigenvalue weighted by Crippen LogP contribution is 2.31. The molecule has 0 aliphatic heterocycles. The van der Waals surface area contributed by atoms with Crippen molar-refractivity contribution in [2.75, 3.05) is 21.2 Å². The molecule has 0 saturated carbocycles. The summed E-state index contributed by atoms with van der Waals surface area (Å²) in [5.41, 5.74) is -0.482. The van der Waals surface area contributed by atoms with E-state index < -0.39 is 46.8 Å². The Morgan fingerprint density at radius 1 is 1.00 bits per heavy atom. The van der Waals surface area contributed by atoms with Crippen LogP contribution in [0, 0.1) is 11.6 Å². The molecular weight excluding hydrogens is 678 g/mol. The molecule has 0 bridgehead atoms. The SMILES string of the molecule is COC(=O)N[C@@H](CC/C=C/C(=O)N(C)C)C(=O)Cc1cccn(Cc2cc3cccc(OCc4ccc(F)cc4F)c3n2C(=O)OC(C)(C)C)c1=O. The molecule has 1 atom stereocenters. The lowest BCUT2D eigenvalue weighted by Crippen LogP contribution is -2.42. The molecule has 276 valence electrons. The van der Waals surface area contributed by atoms with Crippen LogP contribution in [0.15, 0.2) is 77.7 Å². The van der Waals surface area contributed by atoms with Crippen molar-refractivity contribution in [2.45, 2.75) is 64.8 Å². The van der Waals surface area contributed by atoms with Crippen molar-refractivity contribution in [2.24, 2.45) is 0 Å². The van der Waals surface area contributed by atoms with Gasteiger partial charge in [-0.1, -0.05) is 24.3 Å². The van der Waals surface area contributed by atoms with Crippen molar-refractivity contribution < 1.29 is 42.2 Å². The van der Waals surface area contributed by atoms with Gasteiger partial charge in [0, 0.05) is 49.3 Å². The van der Waals surface area contributed by atoms with Crippen molar-refractivity contribution in [3.8, 4) is 5.75 Å². The number of hydrogen-bond acceptors (Lipinski definition) is 8. The fraction of sp³-hybridized carbons (Fsp3) is 0.342. The van der Waals surface area contributed by atoms with Gasteiger partial charge in [-0.2, -0.15) is 0 Å². The Labute approximate surface area is 299 Å². The number of para-hydroxylation sites is 1. The number of hydrogen-bond donors (Lipinski definition) is 1. The summed E-state index contributed by atoms with van der Waals surface area (Å²) in [5, 5.41) is 3.07. The molecule has 0 aliphatic carbocycles. The largest absolute Gasteiger partial charge is 0.487 e. The number of allylic oxidation sites excluding steroid dienone is 1. The van der Waals surface area contributed by atoms with Crippen LogP contribution in [0.2, 0.25) is 0 Å². The predicted molar refractivity (Wildman–Crippen MR) is 189 cm³/mol. The first-order valence-electron chi connectivity index (χ1n) is 16.4. The minimum Gasteiger partial charge on any atom is -0.487 e. The van der Waals surface area contributed by atoms with Gasteiger partial charge in [-0.3, -0.25) is 14.4 Å². The summed E-state index contributed by atoms with van der Waals surface area (Å²) in [6, 6.07) is 12.0. The van der Waals surface area contributed by atoms with Gasteiger partial charge in [0.1, 0.15) is 35.1 Å². The van der Waals surface area contributed by atoms with Crippen LogP contribution in [0.5, 0.6) is 5.75 Å². The van der Waals surface area contributed by atoms with E-state index in [1.54, 1.807) is 71.3 Å². The summed E-state index contributed by atoms with van der Waals surface area (Å²) >= 11 is 0. The van der Waals surface area contributed by atoms with Crippen LogP contribution in [-0.2, 0) is 38.6 Å². The summed E-state index contributed by atoms with van der Waals surface area (Å²) in [6.07, 6.45) is 3.03. The summed E-state index contributed by atoms with van der Waals surface area (Å²) in [7, 11) is 4.38. The number of pyridine rings is 1. The van der Waals surface area contributed by atoms with Crippen LogP contribution in [0.3, 0.4) is 0 Å². The van der Waals surface area contributed by atoms with Gasteiger partial charge in [0.25, 0.3) is 5.56 Å². The number of nitrogens with zero attached hydrogens (tertiary/aromatic N) is 3. The van der Waals surface area contributed by atoms with E-state index in [1.807, 2.05) is 0 Å². The fourth-order valence-electron chi connectivity index (χ4n) is 5.27. The normalized spacial score (nSPS) is 12.1. The second-order valence-corrected chi connectivity index (χ2v) is 13.2. The minimum absolute atomic E-state index is 0.104. The molecule has 0 spiro atoms. The van der Waals surface area contributed by atoms with Gasteiger partial charge in [-0.15, -0.1) is 0 Å². The Kier molecular flexibility index (Phi) is 12.7. The smallest absolute Gasteiger partial charge is 0.419 e. The van der Waals surface area contributed by atoms with Gasteiger partial charge in [0.15, 0.2) is 5.78 Å². The van der Waals surface area contributed by atoms with Crippen LogP contribution in [0.25, 0.3) is 10.9 Å². The Morgan fingerprint density at radius 2 is 1.75 bits per heavy atom. The number of rotatable bonds is 13. The zero-order valence-corrected chi connectivity index (χ0v) is 29.9. The van der Waals surface area contributed by atoms with Crippen molar-refractivity contribution >= 4 is 34.8 Å². The molecule has 14 heteroatoms. The number of halogens is 2. The molecule has 2 aromatic heterocycles. The number of carbonyl (C=O) groups is 4. The molecule has 1 N–H and O–H groups in total. The molecule has 0 fully saturated rings. The highest BCUT2D eigenvalue weighted by atomic mass is 19.1. The van der Waals surface area contributed by atoms with E-state index >= 15 is 0 Å².